The topological polar surface area (TPSA) is 112 Å². The van der Waals surface area contributed by atoms with Crippen LogP contribution in [-0.2, 0) is 14.4 Å². The molecular formula is C9H14O6. The molecule has 0 aliphatic rings. The summed E-state index contributed by atoms with van der Waals surface area (Å²) in [6, 6.07) is 0. The van der Waals surface area contributed by atoms with Gasteiger partial charge in [0.25, 0.3) is 5.97 Å². The summed E-state index contributed by atoms with van der Waals surface area (Å²) in [6.07, 6.45) is -1.06. The lowest BCUT2D eigenvalue weighted by atomic mass is 9.73. The van der Waals surface area contributed by atoms with Crippen LogP contribution >= 0.6 is 0 Å². The lowest BCUT2D eigenvalue weighted by Crippen LogP contribution is -2.49. The van der Waals surface area contributed by atoms with E-state index in [1.807, 2.05) is 0 Å². The Labute approximate surface area is 86.5 Å². The molecule has 0 bridgehead atoms. The first-order chi connectivity index (χ1) is 6.54. The summed E-state index contributed by atoms with van der Waals surface area (Å²) in [5.41, 5.74) is -2.18. The molecule has 0 radical (unpaired) electrons. The Morgan fingerprint density at radius 1 is 0.867 bits per heavy atom. The molecule has 0 unspecified atom stereocenters. The van der Waals surface area contributed by atoms with E-state index in [1.54, 1.807) is 0 Å². The average Bonchev–Trinajstić information content (AvgIpc) is 1.96. The van der Waals surface area contributed by atoms with Gasteiger partial charge in [-0.15, -0.1) is 0 Å². The third-order valence-corrected chi connectivity index (χ3v) is 2.31. The largest absolute Gasteiger partial charge is 0.344 e. The number of ketones is 3. The highest BCUT2D eigenvalue weighted by Gasteiger charge is 2.50. The van der Waals surface area contributed by atoms with Crippen molar-refractivity contribution in [2.24, 2.45) is 5.41 Å². The number of Topliss-reactive ketones (excluding diaryl/α,β-unsaturated/α-hetero) is 3. The fourth-order valence-electron chi connectivity index (χ4n) is 1.47. The van der Waals surface area contributed by atoms with Gasteiger partial charge in [-0.05, 0) is 20.8 Å². The number of rotatable bonds is 5. The summed E-state index contributed by atoms with van der Waals surface area (Å²) in [6.45, 7) is 2.94. The number of carbonyl (C=O) groups excluding carboxylic acids is 3. The Morgan fingerprint density at radius 2 is 1.13 bits per heavy atom. The molecular weight excluding hydrogens is 204 g/mol. The van der Waals surface area contributed by atoms with Crippen molar-refractivity contribution in [3.63, 3.8) is 0 Å². The van der Waals surface area contributed by atoms with Crippen LogP contribution in [0.1, 0.15) is 27.2 Å². The Morgan fingerprint density at radius 3 is 1.20 bits per heavy atom. The molecule has 0 aliphatic carbocycles. The zero-order valence-electron chi connectivity index (χ0n) is 8.77. The SMILES string of the molecule is CC(=O)C(CC(O)(O)O)(C(C)=O)C(C)=O. The van der Waals surface area contributed by atoms with E-state index >= 15 is 0 Å². The maximum atomic E-state index is 11.3. The third kappa shape index (κ3) is 2.92. The molecule has 86 valence electrons. The number of carbonyl (C=O) groups is 3. The molecule has 0 spiro atoms. The summed E-state index contributed by atoms with van der Waals surface area (Å²) < 4.78 is 0. The van der Waals surface area contributed by atoms with E-state index in [4.69, 9.17) is 15.3 Å². The number of hydrogen-bond acceptors (Lipinski definition) is 6. The predicted molar refractivity (Wildman–Crippen MR) is 48.5 cm³/mol. The molecule has 0 amide bonds. The van der Waals surface area contributed by atoms with Crippen LogP contribution in [0.3, 0.4) is 0 Å². The smallest absolute Gasteiger partial charge is 0.277 e. The Hall–Kier alpha value is -1.11. The quantitative estimate of drug-likeness (QED) is 0.393. The molecule has 0 saturated carbocycles. The van der Waals surface area contributed by atoms with Crippen LogP contribution in [-0.4, -0.2) is 38.6 Å². The van der Waals surface area contributed by atoms with Crippen LogP contribution in [0.15, 0.2) is 0 Å². The number of aliphatic hydroxyl groups is 3. The molecule has 0 rings (SSSR count). The van der Waals surface area contributed by atoms with Gasteiger partial charge in [0, 0.05) is 0 Å². The van der Waals surface area contributed by atoms with Gasteiger partial charge in [-0.3, -0.25) is 14.4 Å². The molecule has 0 fully saturated rings. The first-order valence-electron chi connectivity index (χ1n) is 4.24. The predicted octanol–water partition coefficient (Wildman–Crippen LogP) is -1.24. The second-order valence-corrected chi connectivity index (χ2v) is 3.53. The summed E-state index contributed by atoms with van der Waals surface area (Å²) in [5, 5.41) is 26.3. The van der Waals surface area contributed by atoms with Crippen molar-refractivity contribution >= 4 is 17.3 Å². The van der Waals surface area contributed by atoms with E-state index in [-0.39, 0.29) is 0 Å². The molecule has 0 aliphatic heterocycles. The minimum Gasteiger partial charge on any atom is -0.344 e. The van der Waals surface area contributed by atoms with Crippen LogP contribution in [0.2, 0.25) is 0 Å². The van der Waals surface area contributed by atoms with E-state index in [9.17, 15) is 14.4 Å². The molecule has 3 N–H and O–H groups in total. The minimum absolute atomic E-state index is 0.830. The Bertz CT molecular complexity index is 262. The van der Waals surface area contributed by atoms with Gasteiger partial charge in [0.15, 0.2) is 22.8 Å². The second-order valence-electron chi connectivity index (χ2n) is 3.53. The van der Waals surface area contributed by atoms with E-state index < -0.39 is 35.2 Å². The summed E-state index contributed by atoms with van der Waals surface area (Å²) >= 11 is 0. The average molecular weight is 218 g/mol. The zero-order valence-corrected chi connectivity index (χ0v) is 8.77. The van der Waals surface area contributed by atoms with Crippen LogP contribution in [0, 0.1) is 5.41 Å². The highest BCUT2D eigenvalue weighted by molar-refractivity contribution is 6.22. The molecule has 0 aromatic heterocycles. The maximum Gasteiger partial charge on any atom is 0.277 e. The van der Waals surface area contributed by atoms with Crippen molar-refractivity contribution in [2.45, 2.75) is 33.2 Å². The number of hydrogen-bond donors (Lipinski definition) is 3. The molecule has 0 heterocycles. The lowest BCUT2D eigenvalue weighted by Gasteiger charge is -2.29. The third-order valence-electron chi connectivity index (χ3n) is 2.31. The van der Waals surface area contributed by atoms with Crippen molar-refractivity contribution in [3.05, 3.63) is 0 Å². The highest BCUT2D eigenvalue weighted by atomic mass is 16.7. The van der Waals surface area contributed by atoms with Gasteiger partial charge < -0.3 is 15.3 Å². The fraction of sp³-hybridized carbons (Fsp3) is 0.667. The van der Waals surface area contributed by atoms with E-state index in [2.05, 4.69) is 0 Å². The first kappa shape index (κ1) is 13.9. The monoisotopic (exact) mass is 218 g/mol. The summed E-state index contributed by atoms with van der Waals surface area (Å²) in [5.74, 6) is -5.72. The van der Waals surface area contributed by atoms with Gasteiger partial charge in [0.1, 0.15) is 0 Å². The Balaban J connectivity index is 5.45. The van der Waals surface area contributed by atoms with Crippen LogP contribution < -0.4 is 0 Å². The van der Waals surface area contributed by atoms with E-state index in [0.29, 0.717) is 0 Å². The van der Waals surface area contributed by atoms with Crippen LogP contribution in [0.25, 0.3) is 0 Å². The molecule has 0 aromatic rings. The fourth-order valence-corrected chi connectivity index (χ4v) is 1.47. The molecule has 15 heavy (non-hydrogen) atoms. The van der Waals surface area contributed by atoms with E-state index in [1.165, 1.54) is 0 Å². The molecule has 0 saturated heterocycles. The summed E-state index contributed by atoms with van der Waals surface area (Å²) in [4.78, 5) is 33.8. The van der Waals surface area contributed by atoms with Crippen molar-refractivity contribution in [2.75, 3.05) is 0 Å². The van der Waals surface area contributed by atoms with Crippen molar-refractivity contribution < 1.29 is 29.7 Å². The van der Waals surface area contributed by atoms with Gasteiger partial charge in [-0.2, -0.15) is 0 Å². The molecule has 6 heteroatoms. The molecule has 0 aromatic carbocycles. The molecule has 0 atom stereocenters. The second kappa shape index (κ2) is 4.18. The zero-order chi connectivity index (χ0) is 12.4. The van der Waals surface area contributed by atoms with Crippen molar-refractivity contribution in [1.82, 2.24) is 0 Å². The van der Waals surface area contributed by atoms with Gasteiger partial charge in [0.2, 0.25) is 0 Å². The van der Waals surface area contributed by atoms with Crippen LogP contribution in [0.4, 0.5) is 0 Å². The summed E-state index contributed by atoms with van der Waals surface area (Å²) in [7, 11) is 0. The van der Waals surface area contributed by atoms with Crippen molar-refractivity contribution in [1.29, 1.82) is 0 Å². The Kier molecular flexibility index (Phi) is 3.87. The van der Waals surface area contributed by atoms with Gasteiger partial charge >= 0.3 is 0 Å². The molecule has 6 nitrogen and oxygen atoms in total. The van der Waals surface area contributed by atoms with Gasteiger partial charge in [-0.1, -0.05) is 0 Å². The normalized spacial score (nSPS) is 12.4. The van der Waals surface area contributed by atoms with E-state index in [0.717, 1.165) is 20.8 Å². The van der Waals surface area contributed by atoms with Crippen molar-refractivity contribution in [3.8, 4) is 0 Å². The lowest BCUT2D eigenvalue weighted by molar-refractivity contribution is -0.321. The highest BCUT2D eigenvalue weighted by Crippen LogP contribution is 2.30. The first-order valence-corrected chi connectivity index (χ1v) is 4.24. The minimum atomic E-state index is -3.23. The van der Waals surface area contributed by atoms with Gasteiger partial charge in [0.05, 0.1) is 6.42 Å². The van der Waals surface area contributed by atoms with Crippen LogP contribution in [0.5, 0.6) is 0 Å². The maximum absolute atomic E-state index is 11.3. The standard InChI is InChI=1S/C9H14O6/c1-5(10)8(6(2)11,7(3)12)4-9(13,14)15/h13-15H,4H2,1-3H3. The van der Waals surface area contributed by atoms with Gasteiger partial charge in [-0.25, -0.2) is 0 Å².